The Balaban J connectivity index is 4.14. The average Bonchev–Trinajstić information content (AvgIpc) is 1.12. The Bertz CT molecular complexity index is 4900. The van der Waals surface area contributed by atoms with Gasteiger partial charge in [0.25, 0.3) is 0 Å². The lowest BCUT2D eigenvalue weighted by atomic mass is 12.3. The molecule has 0 aliphatic carbocycles. The molecule has 0 saturated carbocycles. The topological polar surface area (TPSA) is 1810 Å². The van der Waals surface area contributed by atoms with Crippen molar-refractivity contribution in [3.8, 4) is 0 Å². The largest absolute Gasteiger partial charge is 0.303 e. The molecular weight excluding hydrogens is 2020 g/mol. The lowest BCUT2D eigenvalue weighted by molar-refractivity contribution is 0.722. The zero-order chi connectivity index (χ0) is 102. The van der Waals surface area contributed by atoms with Crippen LogP contribution in [-0.4, -0.2) is 0 Å². The molecule has 0 saturated heterocycles. The summed E-state index contributed by atoms with van der Waals surface area (Å²) in [6.07, 6.45) is 0. The van der Waals surface area contributed by atoms with Crippen molar-refractivity contribution in [3.05, 3.63) is 0 Å². The minimum Gasteiger partial charge on any atom is -0.303 e. The molecule has 0 radical (unpaired) electrons. The lowest BCUT2D eigenvalue weighted by Gasteiger charge is -1.71. The third-order valence-corrected chi connectivity index (χ3v) is 5.66. The number of nitrogens with two attached hydrogens (primary N) is 2. The molecule has 0 aliphatic rings. The van der Waals surface area contributed by atoms with Gasteiger partial charge in [0.2, 0.25) is 0 Å². The molecule has 144 nitrogen and oxygen atoms in total. The molecule has 0 aromatic carbocycles. The van der Waals surface area contributed by atoms with Crippen LogP contribution in [-0.2, 0) is 0 Å². The quantitative estimate of drug-likeness (QED) is 0.0341. The van der Waals surface area contributed by atoms with E-state index in [-0.39, 0.29) is 0 Å². The van der Waals surface area contributed by atoms with Gasteiger partial charge in [-0.25, -0.2) is 0 Å². The summed E-state index contributed by atoms with van der Waals surface area (Å²) in [7, 11) is 0. The predicted molar refractivity (Wildman–Crippen MR) is 353 cm³/mol. The highest BCUT2D eigenvalue weighted by molar-refractivity contribution is 4.27. The maximum absolute atomic E-state index is 4.64. The number of nitrogens with zero attached hydrogens (tertiary/aromatic N) is 142. The highest BCUT2D eigenvalue weighted by atomic mass is 15.9. The van der Waals surface area contributed by atoms with Crippen LogP contribution < -0.4 is 11.7 Å². The van der Waals surface area contributed by atoms with Crippen LogP contribution in [0.1, 0.15) is 0 Å². The highest BCUT2D eigenvalue weighted by Gasteiger charge is 1.84. The Morgan fingerprint density at radius 2 is 0.0556 bits per heavy atom. The maximum atomic E-state index is 4.64. The molecule has 0 amide bonds. The minimum absolute atomic E-state index is 2.75. The molecule has 0 aliphatic heterocycles. The third kappa shape index (κ3) is 113. The van der Waals surface area contributed by atoms with Crippen molar-refractivity contribution in [2.45, 2.75) is 0 Å². The van der Waals surface area contributed by atoms with Gasteiger partial charge in [-0.1, -0.05) is 10.4 Å². The Morgan fingerprint density at radius 3 is 0.0764 bits per heavy atom. The van der Waals surface area contributed by atoms with Gasteiger partial charge < -0.3 is 11.7 Å². The van der Waals surface area contributed by atoms with Gasteiger partial charge >= 0.3 is 0 Å². The van der Waals surface area contributed by atoms with E-state index in [1.165, 1.54) is 0 Å². The van der Waals surface area contributed by atoms with Crippen molar-refractivity contribution >= 4 is 0 Å². The molecule has 0 aromatic rings. The van der Waals surface area contributed by atoms with Crippen LogP contribution in [0.4, 0.5) is 0 Å². The predicted octanol–water partition coefficient (Wildman–Crippen LogP) is 24.9. The van der Waals surface area contributed by atoms with Gasteiger partial charge in [-0.2, -0.15) is 0 Å². The van der Waals surface area contributed by atoms with Crippen molar-refractivity contribution in [2.24, 2.45) is 753 Å². The van der Waals surface area contributed by atoms with Gasteiger partial charge in [-0.3, -0.25) is 0 Å². The molecule has 0 fully saturated rings. The van der Waals surface area contributed by atoms with Gasteiger partial charge in [-0.05, 0) is 73.1 Å². The maximum Gasteiger partial charge on any atom is 0 e. The first kappa shape index (κ1) is 115. The summed E-state index contributed by atoms with van der Waals surface area (Å²) in [6.45, 7) is 0. The smallest absolute Gasteiger partial charge is 0 e. The van der Waals surface area contributed by atoms with Gasteiger partial charge in [0.15, 0.2) is 0 Å². The highest BCUT2D eigenvalue weighted by Crippen LogP contribution is 2.03. The van der Waals surface area contributed by atoms with Gasteiger partial charge in [0.05, 0.1) is 0 Å². The van der Waals surface area contributed by atoms with E-state index in [0.29, 0.717) is 0 Å². The van der Waals surface area contributed by atoms with E-state index in [1.807, 2.05) is 0 Å². The van der Waals surface area contributed by atoms with E-state index >= 15 is 0 Å². The van der Waals surface area contributed by atoms with Crippen molar-refractivity contribution in [2.75, 3.05) is 0 Å². The van der Waals surface area contributed by atoms with E-state index < -0.39 is 0 Å². The van der Waals surface area contributed by atoms with E-state index in [2.05, 4.69) is 753 Å². The summed E-state index contributed by atoms with van der Waals surface area (Å²) >= 11 is 0. The standard InChI is InChI=1S/H4N144/c1-3-5-7-9-11-13-15-17-19-21-23-25-27-29-31-33-35-37-39-41-43-45-47-49-51-53-55-57-59-61-63-65-67-69-71-73-75-77-79-81-83-85-87-89-91-93-95-97-99-101-103-105-107-109-111-113-115-117-119-121-123-125-127-129-131-133-135-137-139-141-143-144-142-140-138-136-134-132-130-128-126-124-122-120-118-116-114-112-110-108-106-104-102-100-98-96-94-92-90-88-86-84-82-80-78-76-74-72-70-68-66-64-62-60-58-56-54-52-50-48-46-44-42-40-38-36-34-32-30-28-26-24-22-20-18-16-14-12-10-8-6-4-2/h(H2,1,4,5,8,9,12,13,16,17,20,21,24,25,28,29,32,33,36,37,40,41,44,45,48,49,52,53,56,57,60,61,64,65,68,69,72,73,76,77,80,81,84,85,88,89,92,93,96,97,100,101,104,105,108,109,112,113,116,117,120,121,124,125,128,129,132,133,136,137,140,141,144)(H2,2,3,6,7,10,11,14,15,18,19,22,23,26,27,30,31,34,35,38,39,42,43,46,47,50,51,54,55,58,59,62,63,66,67,70,71,74,75,78,79,82,83,86,87,90,91,94,95,98,99,102,103,106,107,110,111,114,115,118,119,122,123,126,127,130,131,134,135,138,139,142,143). The molecule has 4 N–H and O–H groups in total. The summed E-state index contributed by atoms with van der Waals surface area (Å²) in [5.74, 6) is 9.28. The van der Waals surface area contributed by atoms with Crippen molar-refractivity contribution in [3.63, 3.8) is 0 Å². The fourth-order valence-electron chi connectivity index (χ4n) is 2.51. The summed E-state index contributed by atoms with van der Waals surface area (Å²) in [5.41, 5.74) is 0. The van der Waals surface area contributed by atoms with Gasteiger partial charge in [0.1, 0.15) is 0 Å². The van der Waals surface area contributed by atoms with Gasteiger partial charge in [-0.15, -0.1) is 0 Å². The fourth-order valence-corrected chi connectivity index (χ4v) is 2.51. The Kier molecular flexibility index (Phi) is 91.4. The average molecular weight is 2020 g/mol. The van der Waals surface area contributed by atoms with Crippen molar-refractivity contribution in [1.82, 2.24) is 0 Å². The molecular formula is H4N144. The fraction of sp³-hybridized carbons (Fsp3) is 0. The van der Waals surface area contributed by atoms with Crippen LogP contribution in [0.3, 0.4) is 0 Å². The first-order valence-electron chi connectivity index (χ1n) is 28.7. The van der Waals surface area contributed by atoms with E-state index in [0.717, 1.165) is 0 Å². The lowest BCUT2D eigenvalue weighted by Crippen LogP contribution is -1.70. The molecule has 0 rings (SSSR count). The van der Waals surface area contributed by atoms with E-state index in [4.69, 9.17) is 0 Å². The molecule has 0 bridgehead atoms. The Labute approximate surface area is 753 Å². The summed E-state index contributed by atoms with van der Waals surface area (Å²) in [5, 5.41) is 425. The van der Waals surface area contributed by atoms with Crippen LogP contribution in [0.2, 0.25) is 0 Å². The molecule has 0 heterocycles. The second-order valence-electron chi connectivity index (χ2n) is 12.8. The number of hydrogen-bond acceptors (Lipinski definition) is 2. The zero-order valence-electron chi connectivity index (χ0n) is 64.7. The second-order valence-corrected chi connectivity index (χ2v) is 12.8. The summed E-state index contributed by atoms with van der Waals surface area (Å²) in [4.78, 5) is 0. The second kappa shape index (κ2) is 114. The van der Waals surface area contributed by atoms with Crippen LogP contribution in [0.25, 0.3) is 0 Å². The van der Waals surface area contributed by atoms with Crippen LogP contribution >= 0.6 is 0 Å². The van der Waals surface area contributed by atoms with Crippen LogP contribution in [0, 0.1) is 0 Å². The summed E-state index contributed by atoms with van der Waals surface area (Å²) in [6, 6.07) is 0. The normalized spacial score (nSPS) is 15.8. The molecule has 144 heteroatoms. The molecule has 0 atom stereocenters. The minimum atomic E-state index is 2.75. The molecule has 144 heavy (non-hydrogen) atoms. The van der Waals surface area contributed by atoms with E-state index in [1.54, 1.807) is 0 Å². The van der Waals surface area contributed by atoms with Crippen LogP contribution in [0.5, 0.6) is 0 Å². The molecule has 0 aromatic heterocycles. The monoisotopic (exact) mass is 2020 g/mol. The van der Waals surface area contributed by atoms with Crippen molar-refractivity contribution < 1.29 is 0 Å². The van der Waals surface area contributed by atoms with Gasteiger partial charge in [0, 0.05) is 658 Å². The van der Waals surface area contributed by atoms with E-state index in [9.17, 15) is 0 Å². The SMILES string of the molecule is N/N=N/N=N/N=N/N=N/N=N/N=N/N=N/N=N/N=N/N=N/N=N/N=N/N=N/N=N/N=N/N=N/N=N/N=N/N=N/N=N/N=N/N=N/N=N/N=N/N=N/N=N/N=N/N=N/N=N/N=N/N=N/N=N/N=N/N=N/N=N/N=N/N=N/N=N/N=N/N=N/N=N/N=N/N=N/N=N/N=N/N=N/N=N/N=N/N=N/N=N/N=N/N=N/N=N/N=N/N=N/N=N/N=N/N=N/N=N/N=N/N=N/N=N/N=N/N=N/N=N/N=N/N=N/N=N/N=N/N=N/N=N/N. The molecule has 0 spiro atoms. The first-order valence-corrected chi connectivity index (χ1v) is 28.7. The molecule has 724 valence electrons. The molecule has 0 unspecified atom stereocenters. The Hall–Kier alpha value is -28.8. The zero-order valence-corrected chi connectivity index (χ0v) is 64.7. The van der Waals surface area contributed by atoms with Crippen LogP contribution in [0.15, 0.2) is 742 Å². The summed E-state index contributed by atoms with van der Waals surface area (Å²) < 4.78 is 0. The first-order chi connectivity index (χ1) is 71.9. The third-order valence-electron chi connectivity index (χ3n) is 5.66. The number of rotatable bonds is 70. The van der Waals surface area contributed by atoms with Crippen molar-refractivity contribution in [1.29, 1.82) is 0 Å². The Morgan fingerprint density at radius 1 is 0.0347 bits per heavy atom. The number of hydrogen-bond donors (Lipinski definition) is 2.